The van der Waals surface area contributed by atoms with Crippen molar-refractivity contribution in [2.75, 3.05) is 18.5 Å². The van der Waals surface area contributed by atoms with Gasteiger partial charge in [-0.3, -0.25) is 10.1 Å². The van der Waals surface area contributed by atoms with E-state index in [2.05, 4.69) is 0 Å². The minimum absolute atomic E-state index is 0.0615. The Morgan fingerprint density at radius 2 is 2.05 bits per heavy atom. The minimum atomic E-state index is -0.690. The van der Waals surface area contributed by atoms with Crippen LogP contribution in [0, 0.1) is 10.1 Å². The number of hydrogen-bond donors (Lipinski definition) is 1. The van der Waals surface area contributed by atoms with E-state index in [1.54, 1.807) is 6.92 Å². The van der Waals surface area contributed by atoms with E-state index in [1.165, 1.54) is 23.0 Å². The first-order valence-electron chi connectivity index (χ1n) is 6.70. The Morgan fingerprint density at radius 3 is 2.62 bits per heavy atom. The molecule has 0 aliphatic carbocycles. The molecular formula is C15H18N2O3S. The van der Waals surface area contributed by atoms with E-state index in [1.807, 2.05) is 42.3 Å². The molecule has 1 heterocycles. The second kappa shape index (κ2) is 6.69. The molecular weight excluding hydrogens is 288 g/mol. The highest BCUT2D eigenvalue weighted by molar-refractivity contribution is 7.16. The first-order chi connectivity index (χ1) is 9.99. The molecule has 1 N–H and O–H groups in total. The number of benzene rings is 1. The predicted octanol–water partition coefficient (Wildman–Crippen LogP) is 3.39. The van der Waals surface area contributed by atoms with Gasteiger partial charge < -0.3 is 10.0 Å². The van der Waals surface area contributed by atoms with Gasteiger partial charge in [0.1, 0.15) is 0 Å². The number of thiophene rings is 1. The van der Waals surface area contributed by atoms with Crippen molar-refractivity contribution in [3.05, 3.63) is 57.0 Å². The molecule has 1 aromatic heterocycles. The summed E-state index contributed by atoms with van der Waals surface area (Å²) in [4.78, 5) is 13.2. The quantitative estimate of drug-likeness (QED) is 0.656. The molecule has 1 atom stereocenters. The van der Waals surface area contributed by atoms with E-state index in [0.29, 0.717) is 16.4 Å². The molecule has 0 aliphatic rings. The van der Waals surface area contributed by atoms with Gasteiger partial charge in [-0.25, -0.2) is 0 Å². The van der Waals surface area contributed by atoms with E-state index in [-0.39, 0.29) is 5.69 Å². The number of aliphatic hydroxyl groups excluding tert-OH is 1. The molecule has 2 aromatic rings. The number of anilines is 1. The normalized spacial score (nSPS) is 12.1. The summed E-state index contributed by atoms with van der Waals surface area (Å²) in [6.45, 7) is 2.30. The van der Waals surface area contributed by atoms with Gasteiger partial charge in [-0.15, -0.1) is 11.3 Å². The summed E-state index contributed by atoms with van der Waals surface area (Å²) in [5.74, 6) is 0. The topological polar surface area (TPSA) is 66.6 Å². The lowest BCUT2D eigenvalue weighted by Gasteiger charge is -2.16. The van der Waals surface area contributed by atoms with Crippen molar-refractivity contribution in [3.8, 4) is 0 Å². The van der Waals surface area contributed by atoms with Crippen molar-refractivity contribution in [1.82, 2.24) is 0 Å². The van der Waals surface area contributed by atoms with Gasteiger partial charge in [-0.05, 0) is 18.9 Å². The lowest BCUT2D eigenvalue weighted by Crippen LogP contribution is -2.20. The molecule has 0 bridgehead atoms. The van der Waals surface area contributed by atoms with Crippen LogP contribution in [0.25, 0.3) is 0 Å². The van der Waals surface area contributed by atoms with Gasteiger partial charge in [-0.2, -0.15) is 0 Å². The molecule has 5 nitrogen and oxygen atoms in total. The molecule has 0 saturated carbocycles. The first kappa shape index (κ1) is 15.5. The summed E-state index contributed by atoms with van der Waals surface area (Å²) in [6.07, 6.45) is 0.126. The molecule has 6 heteroatoms. The predicted molar refractivity (Wildman–Crippen MR) is 85.0 cm³/mol. The van der Waals surface area contributed by atoms with Gasteiger partial charge >= 0.3 is 5.69 Å². The fourth-order valence-corrected chi connectivity index (χ4v) is 3.09. The second-order valence-corrected chi connectivity index (χ2v) is 5.99. The molecule has 0 aliphatic heterocycles. The Bertz CT molecular complexity index is 611. The zero-order chi connectivity index (χ0) is 15.4. The van der Waals surface area contributed by atoms with Gasteiger partial charge in [-0.1, -0.05) is 30.3 Å². The summed E-state index contributed by atoms with van der Waals surface area (Å²) in [5, 5.41) is 21.3. The number of nitrogens with zero attached hydrogens (tertiary/aromatic N) is 2. The molecule has 0 spiro atoms. The number of nitro groups is 1. The van der Waals surface area contributed by atoms with Crippen molar-refractivity contribution in [1.29, 1.82) is 0 Å². The highest BCUT2D eigenvalue weighted by Crippen LogP contribution is 2.39. The summed E-state index contributed by atoms with van der Waals surface area (Å²) >= 11 is 1.27. The highest BCUT2D eigenvalue weighted by atomic mass is 32.1. The zero-order valence-corrected chi connectivity index (χ0v) is 12.8. The maximum Gasteiger partial charge on any atom is 0.304 e. The highest BCUT2D eigenvalue weighted by Gasteiger charge is 2.23. The summed E-state index contributed by atoms with van der Waals surface area (Å²) in [6, 6.07) is 11.5. The van der Waals surface area contributed by atoms with Crippen LogP contribution in [0.5, 0.6) is 0 Å². The fourth-order valence-electron chi connectivity index (χ4n) is 2.04. The van der Waals surface area contributed by atoms with E-state index >= 15 is 0 Å². The van der Waals surface area contributed by atoms with Gasteiger partial charge in [0, 0.05) is 24.5 Å². The van der Waals surface area contributed by atoms with Crippen molar-refractivity contribution >= 4 is 22.0 Å². The molecule has 0 saturated heterocycles. The van der Waals surface area contributed by atoms with E-state index < -0.39 is 11.0 Å². The van der Waals surface area contributed by atoms with Crippen LogP contribution in [0.1, 0.15) is 23.5 Å². The third-order valence-corrected chi connectivity index (χ3v) is 4.66. The number of aliphatic hydroxyl groups is 1. The Hall–Kier alpha value is -1.92. The third kappa shape index (κ3) is 3.80. The molecule has 21 heavy (non-hydrogen) atoms. The lowest BCUT2D eigenvalue weighted by atomic mass is 10.1. The average molecular weight is 306 g/mol. The molecule has 2 rings (SSSR count). The SMILES string of the molecule is C[C@H](O)c1cc([N+](=O)[O-])c(N(C)CCc2ccccc2)s1. The van der Waals surface area contributed by atoms with Gasteiger partial charge in [0.2, 0.25) is 0 Å². The molecule has 112 valence electrons. The second-order valence-electron chi connectivity index (χ2n) is 4.93. The van der Waals surface area contributed by atoms with Crippen molar-refractivity contribution in [2.45, 2.75) is 19.4 Å². The monoisotopic (exact) mass is 306 g/mol. The number of hydrogen-bond acceptors (Lipinski definition) is 5. The van der Waals surface area contributed by atoms with Crippen LogP contribution in [0.15, 0.2) is 36.4 Å². The van der Waals surface area contributed by atoms with E-state index in [9.17, 15) is 15.2 Å². The minimum Gasteiger partial charge on any atom is -0.388 e. The Labute approximate surface area is 127 Å². The molecule has 0 radical (unpaired) electrons. The van der Waals surface area contributed by atoms with Crippen molar-refractivity contribution < 1.29 is 10.0 Å². The van der Waals surface area contributed by atoms with Gasteiger partial charge in [0.25, 0.3) is 0 Å². The third-order valence-electron chi connectivity index (χ3n) is 3.25. The number of rotatable bonds is 6. The van der Waals surface area contributed by atoms with E-state index in [4.69, 9.17) is 0 Å². The van der Waals surface area contributed by atoms with Crippen LogP contribution < -0.4 is 4.90 Å². The van der Waals surface area contributed by atoms with Crippen LogP contribution in [0.2, 0.25) is 0 Å². The zero-order valence-electron chi connectivity index (χ0n) is 12.0. The van der Waals surface area contributed by atoms with E-state index in [0.717, 1.165) is 6.42 Å². The van der Waals surface area contributed by atoms with Crippen LogP contribution in [0.3, 0.4) is 0 Å². The Kier molecular flexibility index (Phi) is 4.93. The van der Waals surface area contributed by atoms with Crippen molar-refractivity contribution in [3.63, 3.8) is 0 Å². The van der Waals surface area contributed by atoms with Crippen LogP contribution in [0.4, 0.5) is 10.7 Å². The molecule has 0 fully saturated rings. The largest absolute Gasteiger partial charge is 0.388 e. The van der Waals surface area contributed by atoms with Crippen LogP contribution >= 0.6 is 11.3 Å². The Balaban J connectivity index is 2.14. The molecule has 0 amide bonds. The average Bonchev–Trinajstić information content (AvgIpc) is 2.91. The Morgan fingerprint density at radius 1 is 1.38 bits per heavy atom. The molecule has 1 aromatic carbocycles. The smallest absolute Gasteiger partial charge is 0.304 e. The van der Waals surface area contributed by atoms with Gasteiger partial charge in [0.15, 0.2) is 5.00 Å². The summed E-state index contributed by atoms with van der Waals surface area (Å²) in [5.41, 5.74) is 1.26. The summed E-state index contributed by atoms with van der Waals surface area (Å²) < 4.78 is 0. The lowest BCUT2D eigenvalue weighted by molar-refractivity contribution is -0.383. The first-order valence-corrected chi connectivity index (χ1v) is 7.52. The van der Waals surface area contributed by atoms with Crippen LogP contribution in [-0.2, 0) is 6.42 Å². The van der Waals surface area contributed by atoms with Gasteiger partial charge in [0.05, 0.1) is 11.0 Å². The maximum atomic E-state index is 11.1. The number of likely N-dealkylation sites (N-methyl/N-ethyl adjacent to an activating group) is 1. The summed E-state index contributed by atoms with van der Waals surface area (Å²) in [7, 11) is 1.84. The fraction of sp³-hybridized carbons (Fsp3) is 0.333. The molecule has 0 unspecified atom stereocenters. The van der Waals surface area contributed by atoms with Crippen molar-refractivity contribution in [2.24, 2.45) is 0 Å². The maximum absolute atomic E-state index is 11.1. The standard InChI is InChI=1S/C15H18N2O3S/c1-11(18)14-10-13(17(19)20)15(21-14)16(2)9-8-12-6-4-3-5-7-12/h3-7,10-11,18H,8-9H2,1-2H3/t11-/m0/s1. The van der Waals surface area contributed by atoms with Crippen LogP contribution in [-0.4, -0.2) is 23.6 Å².